The normalized spacial score (nSPS) is 10.8. The Morgan fingerprint density at radius 3 is 2.89 bits per heavy atom. The van der Waals surface area contributed by atoms with Crippen LogP contribution >= 0.6 is 33.9 Å². The third kappa shape index (κ3) is 2.49. The van der Waals surface area contributed by atoms with E-state index in [-0.39, 0.29) is 0 Å². The Morgan fingerprint density at radius 1 is 1.17 bits per heavy atom. The minimum Gasteiger partial charge on any atom is -0.331 e. The lowest BCUT2D eigenvalue weighted by molar-refractivity contribution is 1.43. The van der Waals surface area contributed by atoms with Crippen molar-refractivity contribution in [2.75, 3.05) is 5.32 Å². The molecule has 1 N–H and O–H groups in total. The summed E-state index contributed by atoms with van der Waals surface area (Å²) < 4.78 is 2.44. The van der Waals surface area contributed by atoms with Crippen molar-refractivity contribution < 1.29 is 0 Å². The fraction of sp³-hybridized carbons (Fsp3) is 0.0714. The molecule has 0 aliphatic heterocycles. The highest BCUT2D eigenvalue weighted by molar-refractivity contribution is 14.1. The summed E-state index contributed by atoms with van der Waals surface area (Å²) >= 11 is 4.00. The van der Waals surface area contributed by atoms with Gasteiger partial charge in [0.15, 0.2) is 5.13 Å². The number of rotatable bonds is 2. The Labute approximate surface area is 123 Å². The van der Waals surface area contributed by atoms with E-state index in [9.17, 15) is 0 Å². The smallest absolute Gasteiger partial charge is 0.188 e. The Bertz CT molecular complexity index is 706. The van der Waals surface area contributed by atoms with Gasteiger partial charge in [-0.05, 0) is 65.4 Å². The zero-order valence-electron chi connectivity index (χ0n) is 9.77. The van der Waals surface area contributed by atoms with Gasteiger partial charge in [-0.2, -0.15) is 0 Å². The third-order valence-electron chi connectivity index (χ3n) is 2.62. The topological polar surface area (TPSA) is 24.9 Å². The van der Waals surface area contributed by atoms with Gasteiger partial charge in [-0.3, -0.25) is 0 Å². The number of fused-ring (bicyclic) bond motifs is 1. The molecule has 0 aliphatic rings. The van der Waals surface area contributed by atoms with Crippen LogP contribution < -0.4 is 5.32 Å². The number of nitrogens with one attached hydrogen (secondary N) is 1. The van der Waals surface area contributed by atoms with Gasteiger partial charge in [-0.25, -0.2) is 4.98 Å². The van der Waals surface area contributed by atoms with Crippen molar-refractivity contribution in [2.45, 2.75) is 6.92 Å². The molecule has 1 heterocycles. The number of benzene rings is 2. The third-order valence-corrected chi connectivity index (χ3v) is 4.22. The molecule has 2 nitrogen and oxygen atoms in total. The maximum atomic E-state index is 4.58. The summed E-state index contributed by atoms with van der Waals surface area (Å²) in [6.45, 7) is 2.10. The van der Waals surface area contributed by atoms with E-state index in [1.807, 2.05) is 6.07 Å². The number of nitrogens with zero attached hydrogens (tertiary/aromatic N) is 1. The number of thiazole rings is 1. The predicted molar refractivity (Wildman–Crippen MR) is 86.8 cm³/mol. The van der Waals surface area contributed by atoms with E-state index in [2.05, 4.69) is 76.2 Å². The standard InChI is InChI=1S/C14H11IN2S/c1-9-5-6-12-13(7-9)18-14(17-12)16-11-4-2-3-10(15)8-11/h2-8H,1H3,(H,16,17). The summed E-state index contributed by atoms with van der Waals surface area (Å²) in [6, 6.07) is 14.6. The maximum absolute atomic E-state index is 4.58. The summed E-state index contributed by atoms with van der Waals surface area (Å²) in [5.74, 6) is 0. The van der Waals surface area contributed by atoms with Gasteiger partial charge in [0.2, 0.25) is 0 Å². The molecule has 2 aromatic carbocycles. The van der Waals surface area contributed by atoms with E-state index in [4.69, 9.17) is 0 Å². The second-order valence-electron chi connectivity index (χ2n) is 4.13. The first-order valence-electron chi connectivity index (χ1n) is 5.60. The number of hydrogen-bond donors (Lipinski definition) is 1. The van der Waals surface area contributed by atoms with Crippen molar-refractivity contribution in [1.82, 2.24) is 4.98 Å². The highest BCUT2D eigenvalue weighted by Gasteiger charge is 2.04. The molecule has 0 bridgehead atoms. The minimum absolute atomic E-state index is 0.942. The van der Waals surface area contributed by atoms with E-state index in [1.54, 1.807) is 11.3 Å². The first-order valence-corrected chi connectivity index (χ1v) is 7.50. The summed E-state index contributed by atoms with van der Waals surface area (Å²) in [5.41, 5.74) is 3.41. The molecule has 0 unspecified atom stereocenters. The molecule has 1 aromatic heterocycles. The van der Waals surface area contributed by atoms with Gasteiger partial charge in [0.05, 0.1) is 10.2 Å². The quantitative estimate of drug-likeness (QED) is 0.649. The second kappa shape index (κ2) is 4.85. The maximum Gasteiger partial charge on any atom is 0.188 e. The molecule has 4 heteroatoms. The summed E-state index contributed by atoms with van der Waals surface area (Å²) in [5, 5.41) is 4.30. The van der Waals surface area contributed by atoms with Crippen LogP contribution in [0.2, 0.25) is 0 Å². The van der Waals surface area contributed by atoms with Gasteiger partial charge < -0.3 is 5.32 Å². The second-order valence-corrected chi connectivity index (χ2v) is 6.40. The molecular weight excluding hydrogens is 355 g/mol. The van der Waals surface area contributed by atoms with Crippen molar-refractivity contribution in [3.8, 4) is 0 Å². The van der Waals surface area contributed by atoms with Crippen molar-refractivity contribution in [1.29, 1.82) is 0 Å². The van der Waals surface area contributed by atoms with E-state index < -0.39 is 0 Å². The average Bonchev–Trinajstić information content (AvgIpc) is 2.70. The van der Waals surface area contributed by atoms with Crippen LogP contribution in [0, 0.1) is 10.5 Å². The summed E-state index contributed by atoms with van der Waals surface area (Å²) in [4.78, 5) is 4.58. The Morgan fingerprint density at radius 2 is 2.06 bits per heavy atom. The molecule has 0 fully saturated rings. The molecule has 18 heavy (non-hydrogen) atoms. The zero-order valence-corrected chi connectivity index (χ0v) is 12.7. The van der Waals surface area contributed by atoms with Crippen LogP contribution in [0.4, 0.5) is 10.8 Å². The zero-order chi connectivity index (χ0) is 12.5. The van der Waals surface area contributed by atoms with Gasteiger partial charge in [0.1, 0.15) is 0 Å². The van der Waals surface area contributed by atoms with Gasteiger partial charge in [-0.15, -0.1) is 0 Å². The van der Waals surface area contributed by atoms with Crippen molar-refractivity contribution in [3.63, 3.8) is 0 Å². The fourth-order valence-electron chi connectivity index (χ4n) is 1.78. The van der Waals surface area contributed by atoms with E-state index in [0.29, 0.717) is 0 Å². The van der Waals surface area contributed by atoms with E-state index >= 15 is 0 Å². The van der Waals surface area contributed by atoms with Gasteiger partial charge in [-0.1, -0.05) is 23.5 Å². The van der Waals surface area contributed by atoms with Gasteiger partial charge in [0, 0.05) is 9.26 Å². The number of hydrogen-bond acceptors (Lipinski definition) is 3. The van der Waals surface area contributed by atoms with Gasteiger partial charge in [0.25, 0.3) is 0 Å². The van der Waals surface area contributed by atoms with Crippen molar-refractivity contribution in [2.24, 2.45) is 0 Å². The lowest BCUT2D eigenvalue weighted by Crippen LogP contribution is -1.88. The van der Waals surface area contributed by atoms with Crippen molar-refractivity contribution in [3.05, 3.63) is 51.6 Å². The van der Waals surface area contributed by atoms with E-state index in [1.165, 1.54) is 13.8 Å². The molecule has 90 valence electrons. The Hall–Kier alpha value is -1.14. The van der Waals surface area contributed by atoms with E-state index in [0.717, 1.165) is 16.3 Å². The largest absolute Gasteiger partial charge is 0.331 e. The molecule has 0 atom stereocenters. The highest BCUT2D eigenvalue weighted by Crippen LogP contribution is 2.29. The number of halogens is 1. The van der Waals surface area contributed by atoms with Crippen LogP contribution in [-0.4, -0.2) is 4.98 Å². The molecule has 0 saturated carbocycles. The molecule has 0 saturated heterocycles. The monoisotopic (exact) mass is 366 g/mol. The lowest BCUT2D eigenvalue weighted by atomic mass is 10.2. The molecule has 3 rings (SSSR count). The van der Waals surface area contributed by atoms with Crippen LogP contribution in [0.5, 0.6) is 0 Å². The molecule has 0 radical (unpaired) electrons. The highest BCUT2D eigenvalue weighted by atomic mass is 127. The number of anilines is 2. The fourth-order valence-corrected chi connectivity index (χ4v) is 3.30. The number of aromatic nitrogens is 1. The van der Waals surface area contributed by atoms with Crippen LogP contribution in [0.3, 0.4) is 0 Å². The SMILES string of the molecule is Cc1ccc2nc(Nc3cccc(I)c3)sc2c1. The Kier molecular flexibility index (Phi) is 3.22. The first kappa shape index (κ1) is 11.9. The molecule has 0 spiro atoms. The van der Waals surface area contributed by atoms with Gasteiger partial charge >= 0.3 is 0 Å². The lowest BCUT2D eigenvalue weighted by Gasteiger charge is -2.01. The summed E-state index contributed by atoms with van der Waals surface area (Å²) in [7, 11) is 0. The predicted octanol–water partition coefficient (Wildman–Crippen LogP) is 4.95. The van der Waals surface area contributed by atoms with Crippen LogP contribution in [0.25, 0.3) is 10.2 Å². The molecule has 0 aliphatic carbocycles. The minimum atomic E-state index is 0.942. The van der Waals surface area contributed by atoms with Crippen LogP contribution in [0.1, 0.15) is 5.56 Å². The van der Waals surface area contributed by atoms with Crippen molar-refractivity contribution >= 4 is 55.0 Å². The average molecular weight is 366 g/mol. The van der Waals surface area contributed by atoms with Crippen LogP contribution in [0.15, 0.2) is 42.5 Å². The molecular formula is C14H11IN2S. The number of aryl methyl sites for hydroxylation is 1. The molecule has 3 aromatic rings. The molecule has 0 amide bonds. The first-order chi connectivity index (χ1) is 8.70. The summed E-state index contributed by atoms with van der Waals surface area (Å²) in [6.07, 6.45) is 0. The van der Waals surface area contributed by atoms with Crippen LogP contribution in [-0.2, 0) is 0 Å². The Balaban J connectivity index is 1.95.